The summed E-state index contributed by atoms with van der Waals surface area (Å²) in [6.45, 7) is 0. The number of nitrogens with zero attached hydrogens (tertiary/aromatic N) is 2. The molecule has 0 amide bonds. The third kappa shape index (κ3) is 1.96. The SMILES string of the molecule is N#Cc1cc(O)c(O)c(C#N)c1-c1ccc(F)c(O)c1. The molecular formula is C14H7FN2O3. The summed E-state index contributed by atoms with van der Waals surface area (Å²) in [7, 11) is 0. The lowest BCUT2D eigenvalue weighted by molar-refractivity contribution is 0.402. The average Bonchev–Trinajstić information content (AvgIpc) is 2.44. The second-order valence-corrected chi connectivity index (χ2v) is 3.93. The summed E-state index contributed by atoms with van der Waals surface area (Å²) in [5.74, 6) is -2.78. The fourth-order valence-electron chi connectivity index (χ4n) is 1.82. The van der Waals surface area contributed by atoms with Crippen molar-refractivity contribution in [1.82, 2.24) is 0 Å². The van der Waals surface area contributed by atoms with E-state index in [9.17, 15) is 19.7 Å². The van der Waals surface area contributed by atoms with Crippen molar-refractivity contribution < 1.29 is 19.7 Å². The number of halogens is 1. The molecule has 2 aromatic rings. The number of phenolic OH excluding ortho intramolecular Hbond substituents is 3. The van der Waals surface area contributed by atoms with Gasteiger partial charge in [0.15, 0.2) is 23.1 Å². The third-order valence-corrected chi connectivity index (χ3v) is 2.75. The van der Waals surface area contributed by atoms with Crippen molar-refractivity contribution in [3.05, 3.63) is 41.2 Å². The number of phenols is 3. The van der Waals surface area contributed by atoms with E-state index in [1.807, 2.05) is 0 Å². The lowest BCUT2D eigenvalue weighted by Crippen LogP contribution is -1.92. The van der Waals surface area contributed by atoms with Gasteiger partial charge in [-0.05, 0) is 17.7 Å². The van der Waals surface area contributed by atoms with E-state index in [4.69, 9.17) is 10.5 Å². The van der Waals surface area contributed by atoms with Crippen molar-refractivity contribution in [3.8, 4) is 40.5 Å². The van der Waals surface area contributed by atoms with Crippen LogP contribution in [0.3, 0.4) is 0 Å². The Labute approximate surface area is 113 Å². The first-order chi connectivity index (χ1) is 9.49. The number of benzene rings is 2. The molecule has 3 N–H and O–H groups in total. The fraction of sp³-hybridized carbons (Fsp3) is 0. The summed E-state index contributed by atoms with van der Waals surface area (Å²) in [6.07, 6.45) is 0. The van der Waals surface area contributed by atoms with Crippen LogP contribution in [0.2, 0.25) is 0 Å². The van der Waals surface area contributed by atoms with Crippen LogP contribution in [0.1, 0.15) is 11.1 Å². The second kappa shape index (κ2) is 4.79. The van der Waals surface area contributed by atoms with Crippen molar-refractivity contribution in [2.24, 2.45) is 0 Å². The van der Waals surface area contributed by atoms with Crippen molar-refractivity contribution in [1.29, 1.82) is 10.5 Å². The summed E-state index contributed by atoms with van der Waals surface area (Å²) in [4.78, 5) is 0. The Morgan fingerprint density at radius 1 is 0.950 bits per heavy atom. The van der Waals surface area contributed by atoms with Crippen LogP contribution < -0.4 is 0 Å². The van der Waals surface area contributed by atoms with Gasteiger partial charge in [0, 0.05) is 11.6 Å². The predicted molar refractivity (Wildman–Crippen MR) is 66.3 cm³/mol. The Morgan fingerprint density at radius 2 is 1.65 bits per heavy atom. The summed E-state index contributed by atoms with van der Waals surface area (Å²) in [6, 6.07) is 7.69. The van der Waals surface area contributed by atoms with Crippen LogP contribution in [0.15, 0.2) is 24.3 Å². The van der Waals surface area contributed by atoms with Crippen molar-refractivity contribution in [3.63, 3.8) is 0 Å². The van der Waals surface area contributed by atoms with Gasteiger partial charge in [0.25, 0.3) is 0 Å². The van der Waals surface area contributed by atoms with E-state index >= 15 is 0 Å². The zero-order valence-electron chi connectivity index (χ0n) is 9.92. The van der Waals surface area contributed by atoms with Crippen LogP contribution in [0, 0.1) is 28.5 Å². The van der Waals surface area contributed by atoms with Crippen LogP contribution >= 0.6 is 0 Å². The van der Waals surface area contributed by atoms with E-state index in [0.29, 0.717) is 0 Å². The predicted octanol–water partition coefficient (Wildman–Crippen LogP) is 2.35. The van der Waals surface area contributed by atoms with Gasteiger partial charge < -0.3 is 15.3 Å². The van der Waals surface area contributed by atoms with E-state index in [0.717, 1.165) is 18.2 Å². The molecule has 0 unspecified atom stereocenters. The minimum Gasteiger partial charge on any atom is -0.505 e. The van der Waals surface area contributed by atoms with E-state index in [2.05, 4.69) is 0 Å². The van der Waals surface area contributed by atoms with Gasteiger partial charge in [0.05, 0.1) is 11.6 Å². The van der Waals surface area contributed by atoms with Gasteiger partial charge in [-0.1, -0.05) is 6.07 Å². The molecule has 0 saturated carbocycles. The molecule has 0 spiro atoms. The summed E-state index contributed by atoms with van der Waals surface area (Å²) >= 11 is 0. The quantitative estimate of drug-likeness (QED) is 0.689. The molecule has 2 rings (SSSR count). The molecular weight excluding hydrogens is 263 g/mol. The van der Waals surface area contributed by atoms with E-state index in [1.54, 1.807) is 12.1 Å². The minimum atomic E-state index is -0.853. The topological polar surface area (TPSA) is 108 Å². The molecule has 0 aliphatic carbocycles. The molecule has 0 radical (unpaired) electrons. The van der Waals surface area contributed by atoms with Gasteiger partial charge in [0.1, 0.15) is 11.6 Å². The smallest absolute Gasteiger partial charge is 0.176 e. The first-order valence-electron chi connectivity index (χ1n) is 5.37. The number of rotatable bonds is 1. The zero-order valence-corrected chi connectivity index (χ0v) is 9.92. The highest BCUT2D eigenvalue weighted by Gasteiger charge is 2.19. The molecule has 0 saturated heterocycles. The highest BCUT2D eigenvalue weighted by atomic mass is 19.1. The molecule has 6 heteroatoms. The first-order valence-corrected chi connectivity index (χ1v) is 5.37. The molecule has 5 nitrogen and oxygen atoms in total. The number of nitriles is 2. The Bertz CT molecular complexity index is 788. The van der Waals surface area contributed by atoms with Gasteiger partial charge in [0.2, 0.25) is 0 Å². The standard InChI is InChI=1S/C14H7FN2O3/c15-10-2-1-7(3-11(10)18)13-8(5-16)4-12(19)14(20)9(13)6-17/h1-4,18-20H. The van der Waals surface area contributed by atoms with Gasteiger partial charge in [-0.2, -0.15) is 10.5 Å². The van der Waals surface area contributed by atoms with E-state index < -0.39 is 23.1 Å². The lowest BCUT2D eigenvalue weighted by Gasteiger charge is -2.10. The third-order valence-electron chi connectivity index (χ3n) is 2.75. The molecule has 0 fully saturated rings. The molecule has 0 bridgehead atoms. The van der Waals surface area contributed by atoms with Crippen LogP contribution in [0.4, 0.5) is 4.39 Å². The summed E-state index contributed by atoms with van der Waals surface area (Å²) < 4.78 is 13.1. The highest BCUT2D eigenvalue weighted by Crippen LogP contribution is 2.39. The maximum absolute atomic E-state index is 13.1. The summed E-state index contributed by atoms with van der Waals surface area (Å²) in [5, 5.41) is 46.6. The average molecular weight is 270 g/mol. The molecule has 0 heterocycles. The minimum absolute atomic E-state index is 0.0144. The Kier molecular flexibility index (Phi) is 3.16. The first kappa shape index (κ1) is 13.2. The molecule has 2 aromatic carbocycles. The van der Waals surface area contributed by atoms with E-state index in [1.165, 1.54) is 6.07 Å². The van der Waals surface area contributed by atoms with Crippen LogP contribution in [-0.2, 0) is 0 Å². The van der Waals surface area contributed by atoms with Gasteiger partial charge >= 0.3 is 0 Å². The molecule has 0 atom stereocenters. The molecule has 98 valence electrons. The zero-order chi connectivity index (χ0) is 14.9. The normalized spacial score (nSPS) is 9.75. The number of hydrogen-bond donors (Lipinski definition) is 3. The molecule has 0 aliphatic rings. The monoisotopic (exact) mass is 270 g/mol. The molecule has 0 aliphatic heterocycles. The molecule has 20 heavy (non-hydrogen) atoms. The molecule has 0 aromatic heterocycles. The van der Waals surface area contributed by atoms with Gasteiger partial charge in [-0.25, -0.2) is 4.39 Å². The number of aromatic hydroxyl groups is 3. The van der Waals surface area contributed by atoms with Crippen molar-refractivity contribution >= 4 is 0 Å². The van der Waals surface area contributed by atoms with Gasteiger partial charge in [-0.15, -0.1) is 0 Å². The van der Waals surface area contributed by atoms with Crippen molar-refractivity contribution in [2.75, 3.05) is 0 Å². The lowest BCUT2D eigenvalue weighted by atomic mass is 9.94. The maximum Gasteiger partial charge on any atom is 0.176 e. The second-order valence-electron chi connectivity index (χ2n) is 3.93. The van der Waals surface area contributed by atoms with Gasteiger partial charge in [-0.3, -0.25) is 0 Å². The van der Waals surface area contributed by atoms with Crippen LogP contribution in [-0.4, -0.2) is 15.3 Å². The van der Waals surface area contributed by atoms with Crippen molar-refractivity contribution in [2.45, 2.75) is 0 Å². The summed E-state index contributed by atoms with van der Waals surface area (Å²) in [5.41, 5.74) is -0.219. The Hall–Kier alpha value is -3.25. The van der Waals surface area contributed by atoms with Crippen LogP contribution in [0.25, 0.3) is 11.1 Å². The Morgan fingerprint density at radius 3 is 2.20 bits per heavy atom. The van der Waals surface area contributed by atoms with Crippen LogP contribution in [0.5, 0.6) is 17.2 Å². The fourth-order valence-corrected chi connectivity index (χ4v) is 1.82. The Balaban J connectivity index is 2.86. The van der Waals surface area contributed by atoms with E-state index in [-0.39, 0.29) is 22.3 Å². The highest BCUT2D eigenvalue weighted by molar-refractivity contribution is 5.81. The maximum atomic E-state index is 13.1. The number of hydrogen-bond acceptors (Lipinski definition) is 5. The largest absolute Gasteiger partial charge is 0.505 e.